The second kappa shape index (κ2) is 11.5. The number of hydrogen-bond acceptors (Lipinski definition) is 5. The summed E-state index contributed by atoms with van der Waals surface area (Å²) >= 11 is 12.5. The van der Waals surface area contributed by atoms with Crippen molar-refractivity contribution in [1.82, 2.24) is 9.73 Å². The van der Waals surface area contributed by atoms with E-state index in [1.807, 2.05) is 6.92 Å². The molecule has 35 heavy (non-hydrogen) atoms. The number of halogens is 2. The number of sulfonamides is 1. The molecule has 11 heteroatoms. The van der Waals surface area contributed by atoms with E-state index in [1.54, 1.807) is 42.5 Å². The molecule has 3 aromatic carbocycles. The van der Waals surface area contributed by atoms with Gasteiger partial charge in [-0.25, -0.2) is 18.6 Å². The first-order valence-electron chi connectivity index (χ1n) is 10.2. The minimum absolute atomic E-state index is 0.00189. The van der Waals surface area contributed by atoms with Gasteiger partial charge in [0.1, 0.15) is 0 Å². The first kappa shape index (κ1) is 26.4. The summed E-state index contributed by atoms with van der Waals surface area (Å²) in [5.74, 6) is -1.89. The number of benzene rings is 3. The molecule has 0 bridgehead atoms. The molecule has 0 aliphatic carbocycles. The number of nitrogens with one attached hydrogen (secondary N) is 1. The largest absolute Gasteiger partial charge is 0.478 e. The maximum absolute atomic E-state index is 13.4. The van der Waals surface area contributed by atoms with E-state index in [0.29, 0.717) is 5.56 Å². The predicted molar refractivity (Wildman–Crippen MR) is 134 cm³/mol. The van der Waals surface area contributed by atoms with Gasteiger partial charge in [0.15, 0.2) is 0 Å². The number of hydrogen-bond donors (Lipinski definition) is 2. The molecule has 182 valence electrons. The molecule has 0 spiro atoms. The Bertz CT molecular complexity index is 1360. The van der Waals surface area contributed by atoms with Gasteiger partial charge in [-0.2, -0.15) is 9.41 Å². The molecule has 0 saturated carbocycles. The summed E-state index contributed by atoms with van der Waals surface area (Å²) in [6.07, 6.45) is 1.17. The Balaban J connectivity index is 1.86. The lowest BCUT2D eigenvalue weighted by Gasteiger charge is -2.22. The average molecular weight is 534 g/mol. The van der Waals surface area contributed by atoms with Crippen LogP contribution >= 0.6 is 23.2 Å². The van der Waals surface area contributed by atoms with Crippen LogP contribution in [0.3, 0.4) is 0 Å². The number of nitrogens with zero attached hydrogens (tertiary/aromatic N) is 2. The summed E-state index contributed by atoms with van der Waals surface area (Å²) in [6.45, 7) is 0.981. The maximum atomic E-state index is 13.4. The van der Waals surface area contributed by atoms with Crippen molar-refractivity contribution < 1.29 is 23.1 Å². The Morgan fingerprint density at radius 2 is 1.63 bits per heavy atom. The molecule has 0 aliphatic rings. The zero-order valence-electron chi connectivity index (χ0n) is 18.5. The zero-order valence-corrected chi connectivity index (χ0v) is 20.8. The van der Waals surface area contributed by atoms with Crippen molar-refractivity contribution >= 4 is 51.3 Å². The second-order valence-electron chi connectivity index (χ2n) is 7.47. The molecular weight excluding hydrogens is 513 g/mol. The number of rotatable bonds is 9. The third-order valence-electron chi connectivity index (χ3n) is 4.96. The molecule has 3 rings (SSSR count). The highest BCUT2D eigenvalue weighted by atomic mass is 35.5. The van der Waals surface area contributed by atoms with Crippen LogP contribution in [-0.4, -0.2) is 42.5 Å². The van der Waals surface area contributed by atoms with Crippen LogP contribution < -0.4 is 5.43 Å². The second-order valence-corrected chi connectivity index (χ2v) is 10.2. The van der Waals surface area contributed by atoms with Crippen LogP contribution in [0.15, 0.2) is 76.7 Å². The maximum Gasteiger partial charge on any atom is 0.336 e. The summed E-state index contributed by atoms with van der Waals surface area (Å²) in [6, 6.07) is 17.1. The van der Waals surface area contributed by atoms with E-state index < -0.39 is 28.4 Å². The Kier molecular flexibility index (Phi) is 8.63. The monoisotopic (exact) mass is 533 g/mol. The minimum atomic E-state index is -4.11. The van der Waals surface area contributed by atoms with Gasteiger partial charge in [0, 0.05) is 27.7 Å². The van der Waals surface area contributed by atoms with Gasteiger partial charge in [-0.15, -0.1) is 0 Å². The normalized spacial score (nSPS) is 11.7. The van der Waals surface area contributed by atoms with E-state index in [4.69, 9.17) is 23.2 Å². The van der Waals surface area contributed by atoms with Gasteiger partial charge in [0.2, 0.25) is 10.0 Å². The molecule has 0 aromatic heterocycles. The van der Waals surface area contributed by atoms with Crippen molar-refractivity contribution in [2.75, 3.05) is 6.54 Å². The third kappa shape index (κ3) is 6.67. The molecule has 0 radical (unpaired) electrons. The van der Waals surface area contributed by atoms with Crippen LogP contribution in [-0.2, 0) is 21.4 Å². The van der Waals surface area contributed by atoms with Crippen LogP contribution in [0.1, 0.15) is 27.0 Å². The van der Waals surface area contributed by atoms with Crippen LogP contribution in [0.25, 0.3) is 0 Å². The Hall–Kier alpha value is -3.24. The fourth-order valence-corrected chi connectivity index (χ4v) is 5.00. The highest BCUT2D eigenvalue weighted by molar-refractivity contribution is 7.89. The van der Waals surface area contributed by atoms with Gasteiger partial charge in [-0.1, -0.05) is 65.2 Å². The molecule has 0 unspecified atom stereocenters. The number of hydrazone groups is 1. The Labute approximate surface area is 212 Å². The van der Waals surface area contributed by atoms with Crippen LogP contribution in [0.5, 0.6) is 0 Å². The van der Waals surface area contributed by atoms with Crippen LogP contribution in [0, 0.1) is 6.92 Å². The third-order valence-corrected chi connectivity index (χ3v) is 7.47. The van der Waals surface area contributed by atoms with E-state index in [2.05, 4.69) is 10.5 Å². The lowest BCUT2D eigenvalue weighted by atomic mass is 10.1. The SMILES string of the molecule is Cc1ccc(S(=O)(=O)N(CC(=O)N/N=C\c2ccccc2C(=O)O)Cc2c(Cl)cccc2Cl)cc1. The van der Waals surface area contributed by atoms with E-state index in [-0.39, 0.29) is 32.6 Å². The molecule has 0 heterocycles. The minimum Gasteiger partial charge on any atom is -0.478 e. The molecule has 3 aromatic rings. The van der Waals surface area contributed by atoms with Gasteiger partial charge in [-0.05, 0) is 37.3 Å². The quantitative estimate of drug-likeness (QED) is 0.313. The smallest absolute Gasteiger partial charge is 0.336 e. The van der Waals surface area contributed by atoms with Gasteiger partial charge in [0.25, 0.3) is 5.91 Å². The van der Waals surface area contributed by atoms with Crippen molar-refractivity contribution in [1.29, 1.82) is 0 Å². The number of carboxylic acids is 1. The number of amides is 1. The molecule has 0 atom stereocenters. The van der Waals surface area contributed by atoms with Gasteiger partial charge >= 0.3 is 5.97 Å². The molecule has 2 N–H and O–H groups in total. The molecule has 8 nitrogen and oxygen atoms in total. The summed E-state index contributed by atoms with van der Waals surface area (Å²) in [7, 11) is -4.11. The number of carbonyl (C=O) groups excluding carboxylic acids is 1. The van der Waals surface area contributed by atoms with E-state index in [0.717, 1.165) is 9.87 Å². The Morgan fingerprint density at radius 3 is 2.26 bits per heavy atom. The van der Waals surface area contributed by atoms with E-state index >= 15 is 0 Å². The first-order chi connectivity index (χ1) is 16.6. The van der Waals surface area contributed by atoms with E-state index in [9.17, 15) is 23.1 Å². The summed E-state index contributed by atoms with van der Waals surface area (Å²) in [5, 5.41) is 13.5. The molecular formula is C24H21Cl2N3O5S. The fourth-order valence-electron chi connectivity index (χ4n) is 3.12. The molecule has 0 fully saturated rings. The average Bonchev–Trinajstić information content (AvgIpc) is 2.81. The number of carbonyl (C=O) groups is 2. The predicted octanol–water partition coefficient (Wildman–Crippen LogP) is 4.34. The van der Waals surface area contributed by atoms with Crippen molar-refractivity contribution in [2.24, 2.45) is 5.10 Å². The van der Waals surface area contributed by atoms with Gasteiger partial charge in [-0.3, -0.25) is 4.79 Å². The number of aryl methyl sites for hydroxylation is 1. The lowest BCUT2D eigenvalue weighted by Crippen LogP contribution is -2.39. The van der Waals surface area contributed by atoms with Crippen molar-refractivity contribution in [3.05, 3.63) is 99.0 Å². The van der Waals surface area contributed by atoms with Crippen molar-refractivity contribution in [2.45, 2.75) is 18.4 Å². The molecule has 0 saturated heterocycles. The Morgan fingerprint density at radius 1 is 1.00 bits per heavy atom. The highest BCUT2D eigenvalue weighted by Gasteiger charge is 2.28. The number of aromatic carboxylic acids is 1. The van der Waals surface area contributed by atoms with E-state index in [1.165, 1.54) is 30.5 Å². The summed E-state index contributed by atoms with van der Waals surface area (Å²) in [5.41, 5.74) is 3.73. The van der Waals surface area contributed by atoms with Crippen molar-refractivity contribution in [3.8, 4) is 0 Å². The lowest BCUT2D eigenvalue weighted by molar-refractivity contribution is -0.121. The van der Waals surface area contributed by atoms with Gasteiger partial charge in [0.05, 0.1) is 23.2 Å². The van der Waals surface area contributed by atoms with Crippen LogP contribution in [0.4, 0.5) is 0 Å². The molecule has 0 aliphatic heterocycles. The van der Waals surface area contributed by atoms with Crippen LogP contribution in [0.2, 0.25) is 10.0 Å². The standard InChI is InChI=1S/C24H21Cl2N3O5S/c1-16-9-11-18(12-10-16)35(33,34)29(14-20-21(25)7-4-8-22(20)26)15-23(30)28-27-13-17-5-2-3-6-19(17)24(31)32/h2-13H,14-15H2,1H3,(H,28,30)(H,31,32)/b27-13-. The summed E-state index contributed by atoms with van der Waals surface area (Å²) in [4.78, 5) is 24.0. The van der Waals surface area contributed by atoms with Gasteiger partial charge < -0.3 is 5.11 Å². The summed E-state index contributed by atoms with van der Waals surface area (Å²) < 4.78 is 27.7. The first-order valence-corrected chi connectivity index (χ1v) is 12.4. The highest BCUT2D eigenvalue weighted by Crippen LogP contribution is 2.28. The zero-order chi connectivity index (χ0) is 25.6. The molecule has 1 amide bonds. The topological polar surface area (TPSA) is 116 Å². The fraction of sp³-hybridized carbons (Fsp3) is 0.125. The number of carboxylic acid groups (broad SMARTS) is 1. The van der Waals surface area contributed by atoms with Crippen molar-refractivity contribution in [3.63, 3.8) is 0 Å².